The highest BCUT2D eigenvalue weighted by atomic mass is 35.5. The molecule has 1 N–H and O–H groups in total. The minimum atomic E-state index is -4.34. The Balaban J connectivity index is 1.82. The fourth-order valence-corrected chi connectivity index (χ4v) is 6.88. The molecule has 248 valence electrons. The summed E-state index contributed by atoms with van der Waals surface area (Å²) in [7, 11) is -1.48. The zero-order valence-electron chi connectivity index (χ0n) is 26.4. The van der Waals surface area contributed by atoms with Crippen molar-refractivity contribution in [2.45, 2.75) is 37.2 Å². The van der Waals surface area contributed by atoms with Crippen LogP contribution in [0.15, 0.2) is 102 Å². The minimum absolute atomic E-state index is 0.0785. The maximum absolute atomic E-state index is 14.5. The van der Waals surface area contributed by atoms with Gasteiger partial charge in [-0.25, -0.2) is 8.42 Å². The van der Waals surface area contributed by atoms with E-state index in [-0.39, 0.29) is 35.2 Å². The standard InChI is InChI=1S/C35H37Cl2N3O6S/c1-4-19-38-35(42)31(20-25-11-7-5-8-12-25)39(23-26-15-16-27(36)21-30(26)37)34(41)24-40(28-13-9-6-10-14-28)47(43,44)29-17-18-32(45-2)33(22-29)46-3/h5-18,21-22,31H,4,19-20,23-24H2,1-3H3,(H,38,42)/t31-/m1/s1. The van der Waals surface area contributed by atoms with Gasteiger partial charge in [-0.15, -0.1) is 0 Å². The average molecular weight is 699 g/mol. The van der Waals surface area contributed by atoms with Gasteiger partial charge in [-0.1, -0.05) is 84.7 Å². The molecule has 0 saturated heterocycles. The number of nitrogens with zero attached hydrogens (tertiary/aromatic N) is 2. The SMILES string of the molecule is CCCNC(=O)[C@@H](Cc1ccccc1)N(Cc1ccc(Cl)cc1Cl)C(=O)CN(c1ccccc1)S(=O)(=O)c1ccc(OC)c(OC)c1. The topological polar surface area (TPSA) is 105 Å². The molecule has 0 aliphatic carbocycles. The second-order valence-electron chi connectivity index (χ2n) is 10.6. The van der Waals surface area contributed by atoms with E-state index in [0.717, 1.165) is 9.87 Å². The largest absolute Gasteiger partial charge is 0.493 e. The van der Waals surface area contributed by atoms with E-state index >= 15 is 0 Å². The van der Waals surface area contributed by atoms with Crippen LogP contribution in [0.1, 0.15) is 24.5 Å². The zero-order valence-corrected chi connectivity index (χ0v) is 28.7. The number of methoxy groups -OCH3 is 2. The number of nitrogens with one attached hydrogen (secondary N) is 1. The van der Waals surface area contributed by atoms with E-state index in [1.54, 1.807) is 48.5 Å². The van der Waals surface area contributed by atoms with Crippen molar-refractivity contribution in [3.8, 4) is 11.5 Å². The highest BCUT2D eigenvalue weighted by molar-refractivity contribution is 7.92. The van der Waals surface area contributed by atoms with Crippen LogP contribution in [-0.4, -0.2) is 58.5 Å². The number of carbonyl (C=O) groups excluding carboxylic acids is 2. The Bertz CT molecular complexity index is 1780. The molecule has 0 aliphatic heterocycles. The lowest BCUT2D eigenvalue weighted by Gasteiger charge is -2.34. The summed E-state index contributed by atoms with van der Waals surface area (Å²) >= 11 is 12.7. The third-order valence-electron chi connectivity index (χ3n) is 7.44. The lowest BCUT2D eigenvalue weighted by Crippen LogP contribution is -2.53. The molecule has 0 saturated carbocycles. The monoisotopic (exact) mass is 697 g/mol. The maximum Gasteiger partial charge on any atom is 0.264 e. The van der Waals surface area contributed by atoms with Crippen LogP contribution in [-0.2, 0) is 32.6 Å². The first kappa shape index (κ1) is 35.6. The second-order valence-corrected chi connectivity index (χ2v) is 13.3. The van der Waals surface area contributed by atoms with E-state index in [1.165, 1.54) is 37.3 Å². The van der Waals surface area contributed by atoms with Crippen LogP contribution < -0.4 is 19.1 Å². The van der Waals surface area contributed by atoms with Crippen LogP contribution in [0.5, 0.6) is 11.5 Å². The van der Waals surface area contributed by atoms with Gasteiger partial charge in [-0.2, -0.15) is 0 Å². The minimum Gasteiger partial charge on any atom is -0.493 e. The number of benzene rings is 4. The van der Waals surface area contributed by atoms with Gasteiger partial charge in [0, 0.05) is 35.6 Å². The molecule has 4 aromatic carbocycles. The molecule has 4 rings (SSSR count). The molecule has 0 heterocycles. The van der Waals surface area contributed by atoms with Gasteiger partial charge in [-0.3, -0.25) is 13.9 Å². The van der Waals surface area contributed by atoms with Crippen molar-refractivity contribution in [1.82, 2.24) is 10.2 Å². The van der Waals surface area contributed by atoms with Gasteiger partial charge in [0.2, 0.25) is 11.8 Å². The Labute approximate surface area is 286 Å². The molecule has 0 aromatic heterocycles. The summed E-state index contributed by atoms with van der Waals surface area (Å²) < 4.78 is 40.3. The average Bonchev–Trinajstić information content (AvgIpc) is 3.08. The fourth-order valence-electron chi connectivity index (χ4n) is 4.98. The summed E-state index contributed by atoms with van der Waals surface area (Å²) in [4.78, 5) is 29.6. The first-order valence-corrected chi connectivity index (χ1v) is 17.1. The van der Waals surface area contributed by atoms with Gasteiger partial charge in [0.1, 0.15) is 12.6 Å². The van der Waals surface area contributed by atoms with E-state index in [4.69, 9.17) is 32.7 Å². The number of ether oxygens (including phenoxy) is 2. The molecule has 0 radical (unpaired) electrons. The fraction of sp³-hybridized carbons (Fsp3) is 0.257. The molecule has 12 heteroatoms. The Morgan fingerprint density at radius 1 is 0.851 bits per heavy atom. The van der Waals surface area contributed by atoms with Crippen molar-refractivity contribution in [2.75, 3.05) is 31.6 Å². The number of hydrogen-bond donors (Lipinski definition) is 1. The van der Waals surface area contributed by atoms with Gasteiger partial charge in [0.25, 0.3) is 10.0 Å². The van der Waals surface area contributed by atoms with Crippen molar-refractivity contribution < 1.29 is 27.5 Å². The summed E-state index contributed by atoms with van der Waals surface area (Å²) in [6, 6.07) is 25.7. The number of carbonyl (C=O) groups is 2. The van der Waals surface area contributed by atoms with Gasteiger partial charge in [0.05, 0.1) is 24.8 Å². The Hall–Kier alpha value is -4.25. The van der Waals surface area contributed by atoms with Crippen LogP contribution in [0.25, 0.3) is 0 Å². The normalized spacial score (nSPS) is 11.8. The number of hydrogen-bond acceptors (Lipinski definition) is 6. The van der Waals surface area contributed by atoms with E-state index < -0.39 is 28.5 Å². The predicted octanol–water partition coefficient (Wildman–Crippen LogP) is 6.37. The van der Waals surface area contributed by atoms with Crippen LogP contribution >= 0.6 is 23.2 Å². The van der Waals surface area contributed by atoms with Crippen molar-refractivity contribution >= 4 is 50.7 Å². The second kappa shape index (κ2) is 16.5. The third-order valence-corrected chi connectivity index (χ3v) is 9.80. The molecule has 0 bridgehead atoms. The summed E-state index contributed by atoms with van der Waals surface area (Å²) in [6.45, 7) is 1.64. The highest BCUT2D eigenvalue weighted by Gasteiger charge is 2.35. The zero-order chi connectivity index (χ0) is 34.0. The molecule has 2 amide bonds. The number of halogens is 2. The Morgan fingerprint density at radius 3 is 2.13 bits per heavy atom. The lowest BCUT2D eigenvalue weighted by atomic mass is 10.0. The summed E-state index contributed by atoms with van der Waals surface area (Å²) in [5.41, 5.74) is 1.62. The summed E-state index contributed by atoms with van der Waals surface area (Å²) in [5, 5.41) is 3.64. The van der Waals surface area contributed by atoms with E-state index in [1.807, 2.05) is 37.3 Å². The van der Waals surface area contributed by atoms with E-state index in [0.29, 0.717) is 34.3 Å². The van der Waals surface area contributed by atoms with Crippen molar-refractivity contribution in [3.63, 3.8) is 0 Å². The summed E-state index contributed by atoms with van der Waals surface area (Å²) in [6.07, 6.45) is 0.868. The van der Waals surface area contributed by atoms with Crippen molar-refractivity contribution in [2.24, 2.45) is 0 Å². The molecule has 1 atom stereocenters. The van der Waals surface area contributed by atoms with Crippen LogP contribution in [0.2, 0.25) is 10.0 Å². The number of amides is 2. The van der Waals surface area contributed by atoms with E-state index in [2.05, 4.69) is 5.32 Å². The van der Waals surface area contributed by atoms with Gasteiger partial charge in [-0.05, 0) is 53.9 Å². The smallest absolute Gasteiger partial charge is 0.264 e. The number of para-hydroxylation sites is 1. The van der Waals surface area contributed by atoms with Crippen LogP contribution in [0, 0.1) is 0 Å². The molecular formula is C35H37Cl2N3O6S. The number of rotatable bonds is 15. The van der Waals surface area contributed by atoms with Crippen LogP contribution in [0.4, 0.5) is 5.69 Å². The third kappa shape index (κ3) is 8.97. The predicted molar refractivity (Wildman–Crippen MR) is 185 cm³/mol. The van der Waals surface area contributed by atoms with Gasteiger partial charge < -0.3 is 19.7 Å². The van der Waals surface area contributed by atoms with Gasteiger partial charge >= 0.3 is 0 Å². The maximum atomic E-state index is 14.5. The molecule has 0 aliphatic rings. The lowest BCUT2D eigenvalue weighted by molar-refractivity contribution is -0.140. The van der Waals surface area contributed by atoms with Crippen molar-refractivity contribution in [1.29, 1.82) is 0 Å². The molecule has 0 fully saturated rings. The number of sulfonamides is 1. The Kier molecular flexibility index (Phi) is 12.5. The molecule has 9 nitrogen and oxygen atoms in total. The molecule has 47 heavy (non-hydrogen) atoms. The van der Waals surface area contributed by atoms with E-state index in [9.17, 15) is 18.0 Å². The molecule has 0 spiro atoms. The molecule has 0 unspecified atom stereocenters. The van der Waals surface area contributed by atoms with Gasteiger partial charge in [0.15, 0.2) is 11.5 Å². The highest BCUT2D eigenvalue weighted by Crippen LogP contribution is 2.32. The molecular weight excluding hydrogens is 661 g/mol. The first-order chi connectivity index (χ1) is 22.6. The van der Waals surface area contributed by atoms with Crippen molar-refractivity contribution in [3.05, 3.63) is 118 Å². The first-order valence-electron chi connectivity index (χ1n) is 14.9. The van der Waals surface area contributed by atoms with Crippen LogP contribution in [0.3, 0.4) is 0 Å². The summed E-state index contributed by atoms with van der Waals surface area (Å²) in [5.74, 6) is -0.427. The molecule has 4 aromatic rings. The number of anilines is 1. The Morgan fingerprint density at radius 2 is 1.51 bits per heavy atom. The quantitative estimate of drug-likeness (QED) is 0.155.